The van der Waals surface area contributed by atoms with Crippen LogP contribution in [0.3, 0.4) is 0 Å². The van der Waals surface area contributed by atoms with Crippen molar-refractivity contribution in [2.75, 3.05) is 13.1 Å². The van der Waals surface area contributed by atoms with Crippen molar-refractivity contribution in [3.63, 3.8) is 0 Å². The van der Waals surface area contributed by atoms with E-state index < -0.39 is 11.4 Å². The van der Waals surface area contributed by atoms with E-state index in [9.17, 15) is 4.79 Å². The van der Waals surface area contributed by atoms with Crippen LogP contribution in [-0.2, 0) is 4.79 Å². The number of carboxylic acid groups (broad SMARTS) is 1. The van der Waals surface area contributed by atoms with E-state index in [0.717, 1.165) is 25.8 Å². The highest BCUT2D eigenvalue weighted by molar-refractivity contribution is 5.75. The van der Waals surface area contributed by atoms with Crippen molar-refractivity contribution in [2.45, 2.75) is 19.3 Å². The van der Waals surface area contributed by atoms with E-state index in [2.05, 4.69) is 5.32 Å². The van der Waals surface area contributed by atoms with Gasteiger partial charge in [0, 0.05) is 6.54 Å². The van der Waals surface area contributed by atoms with Crippen LogP contribution in [0.4, 0.5) is 0 Å². The molecule has 0 amide bonds. The van der Waals surface area contributed by atoms with Gasteiger partial charge in [-0.05, 0) is 31.7 Å². The molecule has 0 radical (unpaired) electrons. The number of carboxylic acids is 1. The average molecular weight is 155 g/mol. The maximum absolute atomic E-state index is 10.9. The highest BCUT2D eigenvalue weighted by Crippen LogP contribution is 2.43. The highest BCUT2D eigenvalue weighted by Gasteiger charge is 2.47. The van der Waals surface area contributed by atoms with E-state index in [4.69, 9.17) is 5.11 Å². The number of piperidine rings is 1. The van der Waals surface area contributed by atoms with Crippen LogP contribution in [0.5, 0.6) is 0 Å². The molecule has 11 heavy (non-hydrogen) atoms. The average Bonchev–Trinajstić information content (AvgIpc) is 2.29. The van der Waals surface area contributed by atoms with Crippen LogP contribution in [-0.4, -0.2) is 24.2 Å². The lowest BCUT2D eigenvalue weighted by atomic mass is 9.83. The molecule has 1 heterocycles. The smallest absolute Gasteiger partial charge is 0.310 e. The molecule has 3 nitrogen and oxygen atoms in total. The second kappa shape index (κ2) is 2.21. The predicted molar refractivity (Wildman–Crippen MR) is 40.3 cm³/mol. The molecule has 0 aromatic heterocycles. The number of fused-ring (bicyclic) bond motifs is 2. The lowest BCUT2D eigenvalue weighted by Gasteiger charge is -2.29. The van der Waals surface area contributed by atoms with Gasteiger partial charge in [0.2, 0.25) is 0 Å². The SMILES string of the molecule is O=C(O)[C@@]12CC[C@@H](CNC1)C2. The fraction of sp³-hybridized carbons (Fsp3) is 0.875. The summed E-state index contributed by atoms with van der Waals surface area (Å²) in [5.74, 6) is 0.0204. The molecule has 2 N–H and O–H groups in total. The van der Waals surface area contributed by atoms with Crippen LogP contribution in [0.25, 0.3) is 0 Å². The zero-order valence-electron chi connectivity index (χ0n) is 6.47. The summed E-state index contributed by atoms with van der Waals surface area (Å²) in [6.07, 6.45) is 2.87. The molecule has 1 saturated carbocycles. The first kappa shape index (κ1) is 7.10. The van der Waals surface area contributed by atoms with Gasteiger partial charge in [-0.3, -0.25) is 4.79 Å². The zero-order valence-corrected chi connectivity index (χ0v) is 6.47. The normalized spacial score (nSPS) is 42.4. The molecule has 1 aliphatic carbocycles. The van der Waals surface area contributed by atoms with Gasteiger partial charge in [0.1, 0.15) is 0 Å². The van der Waals surface area contributed by atoms with E-state index >= 15 is 0 Å². The Morgan fingerprint density at radius 2 is 2.45 bits per heavy atom. The monoisotopic (exact) mass is 155 g/mol. The zero-order chi connectivity index (χ0) is 7.90. The summed E-state index contributed by atoms with van der Waals surface area (Å²) >= 11 is 0. The maximum atomic E-state index is 10.9. The molecule has 1 saturated heterocycles. The number of aliphatic carboxylic acids is 1. The molecule has 2 rings (SSSR count). The largest absolute Gasteiger partial charge is 0.481 e. The second-order valence-electron chi connectivity index (χ2n) is 3.83. The standard InChI is InChI=1S/C8H13NO2/c10-7(11)8-2-1-6(3-8)4-9-5-8/h6,9H,1-5H2,(H,10,11)/t6-,8-/m1/s1. The molecule has 62 valence electrons. The third-order valence-corrected chi connectivity index (χ3v) is 3.06. The number of hydrogen-bond donors (Lipinski definition) is 2. The van der Waals surface area contributed by atoms with Crippen molar-refractivity contribution in [2.24, 2.45) is 11.3 Å². The van der Waals surface area contributed by atoms with E-state index in [0.29, 0.717) is 12.5 Å². The number of nitrogens with one attached hydrogen (secondary N) is 1. The van der Waals surface area contributed by atoms with Crippen LogP contribution in [0.2, 0.25) is 0 Å². The first-order valence-corrected chi connectivity index (χ1v) is 4.17. The Balaban J connectivity index is 2.19. The number of hydrogen-bond acceptors (Lipinski definition) is 2. The summed E-state index contributed by atoms with van der Waals surface area (Å²) in [4.78, 5) is 10.9. The Kier molecular flexibility index (Phi) is 1.42. The molecule has 2 aliphatic rings. The molecule has 2 atom stereocenters. The number of rotatable bonds is 1. The third kappa shape index (κ3) is 0.948. The van der Waals surface area contributed by atoms with Crippen LogP contribution in [0.15, 0.2) is 0 Å². The minimum absolute atomic E-state index is 0.400. The van der Waals surface area contributed by atoms with E-state index in [1.54, 1.807) is 0 Å². The van der Waals surface area contributed by atoms with Gasteiger partial charge in [-0.2, -0.15) is 0 Å². The lowest BCUT2D eigenvalue weighted by Crippen LogP contribution is -2.44. The van der Waals surface area contributed by atoms with Crippen molar-refractivity contribution < 1.29 is 9.90 Å². The topological polar surface area (TPSA) is 49.3 Å². The molecular weight excluding hydrogens is 142 g/mol. The Bertz CT molecular complexity index is 189. The van der Waals surface area contributed by atoms with Crippen molar-refractivity contribution in [3.8, 4) is 0 Å². The van der Waals surface area contributed by atoms with Gasteiger partial charge in [0.25, 0.3) is 0 Å². The molecule has 0 aromatic carbocycles. The molecule has 2 fully saturated rings. The highest BCUT2D eigenvalue weighted by atomic mass is 16.4. The summed E-state index contributed by atoms with van der Waals surface area (Å²) in [5, 5.41) is 12.2. The molecule has 2 bridgehead atoms. The Morgan fingerprint density at radius 3 is 3.09 bits per heavy atom. The lowest BCUT2D eigenvalue weighted by molar-refractivity contribution is -0.149. The molecule has 0 aromatic rings. The number of carbonyl (C=O) groups is 1. The second-order valence-corrected chi connectivity index (χ2v) is 3.83. The van der Waals surface area contributed by atoms with Gasteiger partial charge in [0.15, 0.2) is 0 Å². The first-order chi connectivity index (χ1) is 5.23. The van der Waals surface area contributed by atoms with Crippen LogP contribution in [0.1, 0.15) is 19.3 Å². The predicted octanol–water partition coefficient (Wildman–Crippen LogP) is 0.461. The fourth-order valence-electron chi connectivity index (χ4n) is 2.36. The quantitative estimate of drug-likeness (QED) is 0.578. The molecule has 0 spiro atoms. The van der Waals surface area contributed by atoms with Gasteiger partial charge in [-0.25, -0.2) is 0 Å². The van der Waals surface area contributed by atoms with Crippen LogP contribution in [0, 0.1) is 11.3 Å². The Labute approximate surface area is 65.8 Å². The summed E-state index contributed by atoms with van der Waals surface area (Å²) < 4.78 is 0. The van der Waals surface area contributed by atoms with Gasteiger partial charge in [0.05, 0.1) is 5.41 Å². The summed E-state index contributed by atoms with van der Waals surface area (Å²) in [5.41, 5.74) is -0.400. The van der Waals surface area contributed by atoms with Gasteiger partial charge >= 0.3 is 5.97 Å². The Morgan fingerprint density at radius 1 is 1.64 bits per heavy atom. The van der Waals surface area contributed by atoms with Crippen molar-refractivity contribution in [3.05, 3.63) is 0 Å². The van der Waals surface area contributed by atoms with E-state index in [1.807, 2.05) is 0 Å². The molecule has 0 unspecified atom stereocenters. The fourth-order valence-corrected chi connectivity index (χ4v) is 2.36. The molecular formula is C8H13NO2. The first-order valence-electron chi connectivity index (χ1n) is 4.17. The third-order valence-electron chi connectivity index (χ3n) is 3.06. The van der Waals surface area contributed by atoms with Gasteiger partial charge < -0.3 is 10.4 Å². The minimum atomic E-state index is -0.604. The van der Waals surface area contributed by atoms with Gasteiger partial charge in [-0.15, -0.1) is 0 Å². The maximum Gasteiger partial charge on any atom is 0.310 e. The van der Waals surface area contributed by atoms with Gasteiger partial charge in [-0.1, -0.05) is 0 Å². The summed E-state index contributed by atoms with van der Waals surface area (Å²) in [6, 6.07) is 0. The van der Waals surface area contributed by atoms with Crippen molar-refractivity contribution >= 4 is 5.97 Å². The summed E-state index contributed by atoms with van der Waals surface area (Å²) in [7, 11) is 0. The van der Waals surface area contributed by atoms with Crippen LogP contribution < -0.4 is 5.32 Å². The Hall–Kier alpha value is -0.570. The minimum Gasteiger partial charge on any atom is -0.481 e. The van der Waals surface area contributed by atoms with Crippen LogP contribution >= 0.6 is 0 Å². The molecule has 1 aliphatic heterocycles. The van der Waals surface area contributed by atoms with Crippen molar-refractivity contribution in [1.29, 1.82) is 0 Å². The molecule has 3 heteroatoms. The summed E-state index contributed by atoms with van der Waals surface area (Å²) in [6.45, 7) is 1.70. The van der Waals surface area contributed by atoms with E-state index in [-0.39, 0.29) is 0 Å². The van der Waals surface area contributed by atoms with E-state index in [1.165, 1.54) is 0 Å². The van der Waals surface area contributed by atoms with Crippen molar-refractivity contribution in [1.82, 2.24) is 5.32 Å².